The van der Waals surface area contributed by atoms with Crippen LogP contribution < -0.4 is 5.73 Å². The van der Waals surface area contributed by atoms with E-state index in [9.17, 15) is 8.78 Å². The molecule has 1 aromatic rings. The van der Waals surface area contributed by atoms with Crippen molar-refractivity contribution in [1.82, 2.24) is 0 Å². The summed E-state index contributed by atoms with van der Waals surface area (Å²) in [4.78, 5) is 0. The van der Waals surface area contributed by atoms with Gasteiger partial charge < -0.3 is 5.73 Å². The van der Waals surface area contributed by atoms with Gasteiger partial charge in [-0.05, 0) is 27.6 Å². The van der Waals surface area contributed by atoms with E-state index in [4.69, 9.17) is 5.73 Å². The first kappa shape index (κ1) is 11.8. The van der Waals surface area contributed by atoms with Crippen LogP contribution >= 0.6 is 28.3 Å². The van der Waals surface area contributed by atoms with E-state index in [-0.39, 0.29) is 23.4 Å². The molecule has 0 spiro atoms. The molecular formula is C7H7BrClF2N. The molecule has 0 bridgehead atoms. The van der Waals surface area contributed by atoms with Gasteiger partial charge in [0.25, 0.3) is 0 Å². The van der Waals surface area contributed by atoms with Crippen LogP contribution in [0.4, 0.5) is 8.78 Å². The van der Waals surface area contributed by atoms with Crippen LogP contribution in [-0.4, -0.2) is 0 Å². The molecule has 0 aromatic heterocycles. The van der Waals surface area contributed by atoms with Gasteiger partial charge in [-0.25, -0.2) is 8.78 Å². The van der Waals surface area contributed by atoms with Gasteiger partial charge in [0.05, 0.1) is 4.47 Å². The van der Waals surface area contributed by atoms with Crippen molar-refractivity contribution in [3.63, 3.8) is 0 Å². The highest BCUT2D eigenvalue weighted by Crippen LogP contribution is 2.22. The van der Waals surface area contributed by atoms with Gasteiger partial charge in [0, 0.05) is 6.54 Å². The Kier molecular flexibility index (Phi) is 4.67. The fraction of sp³-hybridized carbons (Fsp3) is 0.143. The second-order valence-corrected chi connectivity index (χ2v) is 2.83. The van der Waals surface area contributed by atoms with Gasteiger partial charge in [-0.1, -0.05) is 6.07 Å². The molecule has 0 amide bonds. The normalized spacial score (nSPS) is 9.33. The second-order valence-electron chi connectivity index (χ2n) is 2.04. The lowest BCUT2D eigenvalue weighted by atomic mass is 10.2. The van der Waals surface area contributed by atoms with Crippen LogP contribution in [0.3, 0.4) is 0 Å². The van der Waals surface area contributed by atoms with Crippen molar-refractivity contribution in [3.8, 4) is 0 Å². The topological polar surface area (TPSA) is 26.0 Å². The molecule has 2 N–H and O–H groups in total. The van der Waals surface area contributed by atoms with E-state index < -0.39 is 11.6 Å². The van der Waals surface area contributed by atoms with Crippen molar-refractivity contribution >= 4 is 28.3 Å². The Morgan fingerprint density at radius 2 is 1.92 bits per heavy atom. The maximum Gasteiger partial charge on any atom is 0.173 e. The minimum atomic E-state index is -0.882. The van der Waals surface area contributed by atoms with Crippen LogP contribution in [0, 0.1) is 11.6 Å². The lowest BCUT2D eigenvalue weighted by Crippen LogP contribution is -1.99. The number of hydrogen-bond acceptors (Lipinski definition) is 1. The average Bonchev–Trinajstić information content (AvgIpc) is 2.01. The highest BCUT2D eigenvalue weighted by molar-refractivity contribution is 9.10. The fourth-order valence-corrected chi connectivity index (χ4v) is 1.21. The molecule has 1 rings (SSSR count). The molecule has 0 atom stereocenters. The monoisotopic (exact) mass is 257 g/mol. The molecule has 0 radical (unpaired) electrons. The molecule has 5 heteroatoms. The van der Waals surface area contributed by atoms with E-state index in [1.165, 1.54) is 6.07 Å². The number of nitrogens with two attached hydrogens (primary N) is 1. The molecular weight excluding hydrogens is 251 g/mol. The Morgan fingerprint density at radius 1 is 1.33 bits per heavy atom. The summed E-state index contributed by atoms with van der Waals surface area (Å²) in [5.41, 5.74) is 5.81. The van der Waals surface area contributed by atoms with Crippen LogP contribution in [0.1, 0.15) is 5.56 Å². The van der Waals surface area contributed by atoms with Gasteiger partial charge >= 0.3 is 0 Å². The third kappa shape index (κ3) is 2.15. The predicted octanol–water partition coefficient (Wildman–Crippen LogP) is 2.61. The van der Waals surface area contributed by atoms with Gasteiger partial charge in [0.1, 0.15) is 0 Å². The highest BCUT2D eigenvalue weighted by atomic mass is 79.9. The largest absolute Gasteiger partial charge is 0.326 e. The zero-order valence-corrected chi connectivity index (χ0v) is 8.38. The third-order valence-corrected chi connectivity index (χ3v) is 2.19. The van der Waals surface area contributed by atoms with Gasteiger partial charge in [-0.2, -0.15) is 0 Å². The summed E-state index contributed by atoms with van der Waals surface area (Å²) < 4.78 is 25.3. The van der Waals surface area contributed by atoms with E-state index in [1.807, 2.05) is 0 Å². The molecule has 0 fully saturated rings. The Morgan fingerprint density at radius 3 is 2.42 bits per heavy atom. The molecule has 0 aliphatic carbocycles. The first-order valence-corrected chi connectivity index (χ1v) is 3.78. The van der Waals surface area contributed by atoms with Crippen LogP contribution in [0.2, 0.25) is 0 Å². The van der Waals surface area contributed by atoms with Crippen molar-refractivity contribution in [1.29, 1.82) is 0 Å². The van der Waals surface area contributed by atoms with E-state index in [0.29, 0.717) is 5.56 Å². The molecule has 68 valence electrons. The molecule has 12 heavy (non-hydrogen) atoms. The standard InChI is InChI=1S/C7H6BrF2N.ClH/c8-6-4(3-11)1-2-5(9)7(6)10;/h1-2H,3,11H2;1H. The highest BCUT2D eigenvalue weighted by Gasteiger charge is 2.08. The lowest BCUT2D eigenvalue weighted by Gasteiger charge is -2.01. The quantitative estimate of drug-likeness (QED) is 0.770. The summed E-state index contributed by atoms with van der Waals surface area (Å²) in [6.45, 7) is 0.192. The summed E-state index contributed by atoms with van der Waals surface area (Å²) in [7, 11) is 0. The van der Waals surface area contributed by atoms with Crippen molar-refractivity contribution < 1.29 is 8.78 Å². The number of hydrogen-bond donors (Lipinski definition) is 1. The van der Waals surface area contributed by atoms with E-state index >= 15 is 0 Å². The number of halogens is 4. The van der Waals surface area contributed by atoms with Crippen LogP contribution in [0.15, 0.2) is 16.6 Å². The molecule has 0 aliphatic rings. The minimum Gasteiger partial charge on any atom is -0.326 e. The smallest absolute Gasteiger partial charge is 0.173 e. The minimum absolute atomic E-state index is 0. The van der Waals surface area contributed by atoms with Crippen molar-refractivity contribution in [2.24, 2.45) is 5.73 Å². The summed E-state index contributed by atoms with van der Waals surface area (Å²) in [6.07, 6.45) is 0. The van der Waals surface area contributed by atoms with E-state index in [1.54, 1.807) is 0 Å². The molecule has 0 saturated carbocycles. The first-order chi connectivity index (χ1) is 5.16. The summed E-state index contributed by atoms with van der Waals surface area (Å²) >= 11 is 2.90. The van der Waals surface area contributed by atoms with Crippen LogP contribution in [0.5, 0.6) is 0 Å². The summed E-state index contributed by atoms with van der Waals surface area (Å²) in [6, 6.07) is 2.50. The van der Waals surface area contributed by atoms with Crippen LogP contribution in [-0.2, 0) is 6.54 Å². The Labute approximate surface area is 83.5 Å². The third-order valence-electron chi connectivity index (χ3n) is 1.34. The Hall–Kier alpha value is -0.190. The zero-order valence-electron chi connectivity index (χ0n) is 5.98. The predicted molar refractivity (Wildman–Crippen MR) is 49.2 cm³/mol. The van der Waals surface area contributed by atoms with Crippen molar-refractivity contribution in [2.75, 3.05) is 0 Å². The van der Waals surface area contributed by atoms with Gasteiger partial charge in [-0.15, -0.1) is 12.4 Å². The van der Waals surface area contributed by atoms with Gasteiger partial charge in [-0.3, -0.25) is 0 Å². The summed E-state index contributed by atoms with van der Waals surface area (Å²) in [5.74, 6) is -1.75. The van der Waals surface area contributed by atoms with Crippen molar-refractivity contribution in [2.45, 2.75) is 6.54 Å². The zero-order chi connectivity index (χ0) is 8.43. The molecule has 1 nitrogen and oxygen atoms in total. The van der Waals surface area contributed by atoms with Crippen LogP contribution in [0.25, 0.3) is 0 Å². The van der Waals surface area contributed by atoms with E-state index in [2.05, 4.69) is 15.9 Å². The second kappa shape index (κ2) is 4.74. The summed E-state index contributed by atoms with van der Waals surface area (Å²) in [5, 5.41) is 0. The number of rotatable bonds is 1. The lowest BCUT2D eigenvalue weighted by molar-refractivity contribution is 0.502. The Balaban J connectivity index is 0.00000121. The molecule has 0 unspecified atom stereocenters. The maximum absolute atomic E-state index is 12.7. The molecule has 0 heterocycles. The molecule has 1 aromatic carbocycles. The van der Waals surface area contributed by atoms with Crippen molar-refractivity contribution in [3.05, 3.63) is 33.8 Å². The Bertz CT molecular complexity index is 280. The first-order valence-electron chi connectivity index (χ1n) is 2.99. The maximum atomic E-state index is 12.7. The van der Waals surface area contributed by atoms with Gasteiger partial charge in [0.15, 0.2) is 11.6 Å². The molecule has 0 saturated heterocycles. The fourth-order valence-electron chi connectivity index (χ4n) is 0.724. The SMILES string of the molecule is Cl.NCc1ccc(F)c(F)c1Br. The number of benzene rings is 1. The average molecular weight is 258 g/mol. The van der Waals surface area contributed by atoms with E-state index in [0.717, 1.165) is 6.07 Å². The molecule has 0 aliphatic heterocycles. The van der Waals surface area contributed by atoms with Gasteiger partial charge in [0.2, 0.25) is 0 Å².